The lowest BCUT2D eigenvalue weighted by Gasteiger charge is -2.06. The molecule has 0 radical (unpaired) electrons. The zero-order valence-corrected chi connectivity index (χ0v) is 13.7. The molecule has 0 saturated heterocycles. The fourth-order valence-corrected chi connectivity index (χ4v) is 3.46. The molecule has 0 bridgehead atoms. The summed E-state index contributed by atoms with van der Waals surface area (Å²) in [5.74, 6) is 0.973. The Morgan fingerprint density at radius 1 is 1.20 bits per heavy atom. The maximum Gasteiger partial charge on any atom is 0.161 e. The average molecular weight is 368 g/mol. The Morgan fingerprint density at radius 3 is 2.75 bits per heavy atom. The van der Waals surface area contributed by atoms with Gasteiger partial charge in [0, 0.05) is 15.9 Å². The van der Waals surface area contributed by atoms with E-state index in [1.54, 1.807) is 11.8 Å². The number of benzene rings is 2. The molecule has 5 heteroatoms. The van der Waals surface area contributed by atoms with Gasteiger partial charge in [0.15, 0.2) is 5.17 Å². The number of hydrogen-bond acceptors (Lipinski definition) is 3. The third-order valence-electron chi connectivity index (χ3n) is 3.01. The van der Waals surface area contributed by atoms with E-state index in [0.717, 1.165) is 21.1 Å². The molecule has 20 heavy (non-hydrogen) atoms. The van der Waals surface area contributed by atoms with Crippen LogP contribution in [0.5, 0.6) is 0 Å². The van der Waals surface area contributed by atoms with Crippen LogP contribution in [0.4, 0.5) is 5.69 Å². The monoisotopic (exact) mass is 366 g/mol. The van der Waals surface area contributed by atoms with Crippen molar-refractivity contribution < 1.29 is 0 Å². The van der Waals surface area contributed by atoms with Gasteiger partial charge in [-0.3, -0.25) is 4.99 Å². The predicted octanol–water partition coefficient (Wildman–Crippen LogP) is 5.36. The van der Waals surface area contributed by atoms with Crippen LogP contribution in [0.2, 0.25) is 5.02 Å². The third-order valence-corrected chi connectivity index (χ3v) is 5.18. The van der Waals surface area contributed by atoms with Crippen LogP contribution >= 0.6 is 39.3 Å². The van der Waals surface area contributed by atoms with Gasteiger partial charge in [0.25, 0.3) is 0 Å². The highest BCUT2D eigenvalue weighted by Gasteiger charge is 2.19. The second-order valence-electron chi connectivity index (χ2n) is 4.43. The fraction of sp³-hybridized carbons (Fsp3) is 0.133. The molecule has 2 aromatic carbocycles. The van der Waals surface area contributed by atoms with Gasteiger partial charge in [0.2, 0.25) is 0 Å². The maximum atomic E-state index is 5.99. The second-order valence-corrected chi connectivity index (χ2v) is 6.70. The molecule has 0 fully saturated rings. The number of hydrogen-bond donors (Lipinski definition) is 1. The molecule has 0 amide bonds. The number of amidine groups is 1. The zero-order chi connectivity index (χ0) is 13.9. The third kappa shape index (κ3) is 3.19. The van der Waals surface area contributed by atoms with Crippen LogP contribution in [0.1, 0.15) is 11.6 Å². The normalized spacial score (nSPS) is 17.9. The molecule has 102 valence electrons. The summed E-state index contributed by atoms with van der Waals surface area (Å²) in [6, 6.07) is 16.4. The van der Waals surface area contributed by atoms with E-state index >= 15 is 0 Å². The zero-order valence-electron chi connectivity index (χ0n) is 10.5. The standard InChI is InChI=1S/C15H12BrClN2S/c16-12-8-11(6-7-13(12)17)18-15-19-14(9-20-15)10-4-2-1-3-5-10/h1-8,14H,9H2,(H,18,19). The first kappa shape index (κ1) is 14.0. The van der Waals surface area contributed by atoms with Crippen LogP contribution in [-0.2, 0) is 0 Å². The van der Waals surface area contributed by atoms with Crippen LogP contribution < -0.4 is 5.32 Å². The molecule has 0 spiro atoms. The lowest BCUT2D eigenvalue weighted by atomic mass is 10.1. The average Bonchev–Trinajstić information content (AvgIpc) is 2.92. The lowest BCUT2D eigenvalue weighted by Crippen LogP contribution is -2.04. The van der Waals surface area contributed by atoms with E-state index in [-0.39, 0.29) is 6.04 Å². The largest absolute Gasteiger partial charge is 0.335 e. The van der Waals surface area contributed by atoms with E-state index in [9.17, 15) is 0 Å². The molecule has 1 aliphatic rings. The van der Waals surface area contributed by atoms with Crippen LogP contribution in [-0.4, -0.2) is 10.9 Å². The van der Waals surface area contributed by atoms with Gasteiger partial charge < -0.3 is 5.32 Å². The van der Waals surface area contributed by atoms with Crippen LogP contribution in [0.25, 0.3) is 0 Å². The van der Waals surface area contributed by atoms with Gasteiger partial charge in [-0.05, 0) is 39.7 Å². The minimum atomic E-state index is 0.236. The van der Waals surface area contributed by atoms with Crippen LogP contribution in [0.15, 0.2) is 58.0 Å². The molecule has 0 saturated carbocycles. The number of thioether (sulfide) groups is 1. The number of anilines is 1. The number of halogens is 2. The number of aliphatic imine (C=N–C) groups is 1. The summed E-state index contributed by atoms with van der Waals surface area (Å²) in [6.45, 7) is 0. The predicted molar refractivity (Wildman–Crippen MR) is 91.9 cm³/mol. The van der Waals surface area contributed by atoms with Gasteiger partial charge in [0.1, 0.15) is 0 Å². The smallest absolute Gasteiger partial charge is 0.161 e. The van der Waals surface area contributed by atoms with Gasteiger partial charge in [-0.1, -0.05) is 53.7 Å². The number of nitrogens with zero attached hydrogens (tertiary/aromatic N) is 1. The molecule has 1 atom stereocenters. The van der Waals surface area contributed by atoms with E-state index < -0.39 is 0 Å². The van der Waals surface area contributed by atoms with Crippen molar-refractivity contribution in [3.8, 4) is 0 Å². The molecular weight excluding hydrogens is 356 g/mol. The first-order chi connectivity index (χ1) is 9.72. The summed E-state index contributed by atoms with van der Waals surface area (Å²) in [5, 5.41) is 4.99. The quantitative estimate of drug-likeness (QED) is 0.773. The lowest BCUT2D eigenvalue weighted by molar-refractivity contribution is 0.849. The summed E-state index contributed by atoms with van der Waals surface area (Å²) in [5.41, 5.74) is 2.25. The Morgan fingerprint density at radius 2 is 2.00 bits per heavy atom. The molecular formula is C15H12BrClN2S. The van der Waals surface area contributed by atoms with Crippen molar-refractivity contribution in [2.45, 2.75) is 6.04 Å². The fourth-order valence-electron chi connectivity index (χ4n) is 1.99. The van der Waals surface area contributed by atoms with Crippen molar-refractivity contribution >= 4 is 50.1 Å². The minimum absolute atomic E-state index is 0.236. The van der Waals surface area contributed by atoms with E-state index in [1.807, 2.05) is 24.3 Å². The molecule has 1 heterocycles. The highest BCUT2D eigenvalue weighted by Crippen LogP contribution is 2.32. The molecule has 1 N–H and O–H groups in total. The second kappa shape index (κ2) is 6.20. The first-order valence-electron chi connectivity index (χ1n) is 6.20. The van der Waals surface area contributed by atoms with Crippen molar-refractivity contribution in [3.63, 3.8) is 0 Å². The maximum absolute atomic E-state index is 5.99. The van der Waals surface area contributed by atoms with Crippen LogP contribution in [0.3, 0.4) is 0 Å². The Hall–Kier alpha value is -0.970. The summed E-state index contributed by atoms with van der Waals surface area (Å²) in [7, 11) is 0. The summed E-state index contributed by atoms with van der Waals surface area (Å²) < 4.78 is 0.882. The summed E-state index contributed by atoms with van der Waals surface area (Å²) in [4.78, 5) is 4.73. The minimum Gasteiger partial charge on any atom is -0.335 e. The SMILES string of the molecule is Clc1ccc(NC2=NC(c3ccccc3)CS2)cc1Br. The van der Waals surface area contributed by atoms with Gasteiger partial charge in [-0.2, -0.15) is 0 Å². The van der Waals surface area contributed by atoms with Crippen molar-refractivity contribution in [3.05, 3.63) is 63.6 Å². The Kier molecular flexibility index (Phi) is 4.34. The number of nitrogens with one attached hydrogen (secondary N) is 1. The molecule has 0 aromatic heterocycles. The number of rotatable bonds is 2. The summed E-state index contributed by atoms with van der Waals surface area (Å²) >= 11 is 11.2. The van der Waals surface area contributed by atoms with Crippen molar-refractivity contribution in [2.24, 2.45) is 4.99 Å². The van der Waals surface area contributed by atoms with Gasteiger partial charge in [0.05, 0.1) is 11.1 Å². The molecule has 2 aromatic rings. The van der Waals surface area contributed by atoms with E-state index in [0.29, 0.717) is 5.02 Å². The molecule has 1 aliphatic heterocycles. The highest BCUT2D eigenvalue weighted by molar-refractivity contribution is 9.10. The van der Waals surface area contributed by atoms with E-state index in [4.69, 9.17) is 16.6 Å². The Bertz CT molecular complexity index is 646. The molecule has 2 nitrogen and oxygen atoms in total. The molecule has 0 aliphatic carbocycles. The molecule has 1 unspecified atom stereocenters. The Labute approximate surface area is 135 Å². The van der Waals surface area contributed by atoms with Crippen LogP contribution in [0, 0.1) is 0 Å². The Balaban J connectivity index is 1.74. The topological polar surface area (TPSA) is 24.4 Å². The first-order valence-corrected chi connectivity index (χ1v) is 8.35. The van der Waals surface area contributed by atoms with Gasteiger partial charge in [-0.15, -0.1) is 0 Å². The van der Waals surface area contributed by atoms with E-state index in [2.05, 4.69) is 45.5 Å². The molecule has 3 rings (SSSR count). The van der Waals surface area contributed by atoms with Crippen molar-refractivity contribution in [2.75, 3.05) is 11.1 Å². The van der Waals surface area contributed by atoms with Gasteiger partial charge >= 0.3 is 0 Å². The van der Waals surface area contributed by atoms with Crippen molar-refractivity contribution in [1.82, 2.24) is 0 Å². The van der Waals surface area contributed by atoms with Gasteiger partial charge in [-0.25, -0.2) is 0 Å². The van der Waals surface area contributed by atoms with Crippen molar-refractivity contribution in [1.29, 1.82) is 0 Å². The summed E-state index contributed by atoms with van der Waals surface area (Å²) in [6.07, 6.45) is 0. The van der Waals surface area contributed by atoms with E-state index in [1.165, 1.54) is 5.56 Å². The highest BCUT2D eigenvalue weighted by atomic mass is 79.9.